The highest BCUT2D eigenvalue weighted by molar-refractivity contribution is 7.25. The molecule has 0 fully saturated rings. The van der Waals surface area contributed by atoms with Gasteiger partial charge in [-0.2, -0.15) is 0 Å². The second-order valence-corrected chi connectivity index (χ2v) is 18.1. The van der Waals surface area contributed by atoms with Crippen LogP contribution in [0.3, 0.4) is 0 Å². The normalized spacial score (nSPS) is 11.2. The third-order valence-corrected chi connectivity index (χ3v) is 13.9. The molecule has 0 saturated carbocycles. The molecule has 0 saturated heterocycles. The van der Waals surface area contributed by atoms with Crippen LogP contribution in [0.5, 0.6) is 0 Å². The van der Waals surface area contributed by atoms with Crippen molar-refractivity contribution in [3.63, 3.8) is 0 Å². The van der Waals surface area contributed by atoms with Crippen LogP contribution in [0.25, 0.3) is 53.2 Å². The van der Waals surface area contributed by atoms with Gasteiger partial charge in [0.25, 0.3) is 0 Å². The number of nitrogens with zero attached hydrogens (tertiary/aromatic N) is 3. The molecule has 0 aliphatic heterocycles. The van der Waals surface area contributed by atoms with E-state index in [0.29, 0.717) is 0 Å². The molecule has 0 amide bonds. The summed E-state index contributed by atoms with van der Waals surface area (Å²) in [6.07, 6.45) is 0. The smallest absolute Gasteiger partial charge is 0.0488 e. The minimum absolute atomic E-state index is 1.04. The van der Waals surface area contributed by atoms with Crippen LogP contribution in [0, 0.1) is 0 Å². The van der Waals surface area contributed by atoms with Crippen molar-refractivity contribution < 1.29 is 0 Å². The average Bonchev–Trinajstić information content (AvgIpc) is 3.78. The molecule has 0 unspecified atom stereocenters. The van der Waals surface area contributed by atoms with Crippen molar-refractivity contribution >= 4 is 93.5 Å². The summed E-state index contributed by atoms with van der Waals surface area (Å²) in [6.45, 7) is 0. The number of para-hydroxylation sites is 3. The van der Waals surface area contributed by atoms with Crippen molar-refractivity contribution in [3.8, 4) is 22.3 Å². The Morgan fingerprint density at radius 1 is 0.206 bits per heavy atom. The van der Waals surface area contributed by atoms with Gasteiger partial charge in [-0.05, 0) is 148 Å². The van der Waals surface area contributed by atoms with Gasteiger partial charge in [-0.15, -0.1) is 11.3 Å². The molecule has 1 aromatic heterocycles. The fraction of sp³-hybridized carbons (Fsp3) is 0. The van der Waals surface area contributed by atoms with E-state index in [1.165, 1.54) is 42.1 Å². The first-order chi connectivity index (χ1) is 33.7. The Morgan fingerprint density at radius 3 is 1.24 bits per heavy atom. The molecule has 0 aliphatic carbocycles. The number of hydrogen-bond acceptors (Lipinski definition) is 4. The predicted octanol–water partition coefficient (Wildman–Crippen LogP) is 19.0. The lowest BCUT2D eigenvalue weighted by atomic mass is 10.0. The topological polar surface area (TPSA) is 9.72 Å². The lowest BCUT2D eigenvalue weighted by Crippen LogP contribution is -2.15. The molecule has 0 spiro atoms. The van der Waals surface area contributed by atoms with E-state index in [2.05, 4.69) is 288 Å². The van der Waals surface area contributed by atoms with Gasteiger partial charge in [0, 0.05) is 71.4 Å². The minimum Gasteiger partial charge on any atom is -0.310 e. The minimum atomic E-state index is 1.04. The summed E-state index contributed by atoms with van der Waals surface area (Å²) in [4.78, 5) is 7.17. The number of fused-ring (bicyclic) bond motifs is 4. The standard InChI is InChI=1S/C64H45N3S/c1-6-19-46(20-7-1)48-33-34-50-40-57(36-35-49(50)39-48)67(58-37-38-64-62(45-58)61-31-16-17-32-63(61)68-64)56-30-18-29-55(43-56)66(54-27-14-5-15-28-54)60-42-51(47-21-8-2-9-22-47)41-59(44-60)65(52-23-10-3-11-24-52)53-25-12-4-13-26-53/h1-45H. The van der Waals surface area contributed by atoms with Crippen LogP contribution in [0.1, 0.15) is 0 Å². The molecule has 0 radical (unpaired) electrons. The molecule has 68 heavy (non-hydrogen) atoms. The van der Waals surface area contributed by atoms with Gasteiger partial charge in [-0.1, -0.05) is 158 Å². The number of rotatable bonds is 11. The highest BCUT2D eigenvalue weighted by Gasteiger charge is 2.22. The van der Waals surface area contributed by atoms with Crippen LogP contribution in [0.4, 0.5) is 51.2 Å². The number of benzene rings is 11. The van der Waals surface area contributed by atoms with Crippen LogP contribution < -0.4 is 14.7 Å². The Hall–Kier alpha value is -8.70. The summed E-state index contributed by atoms with van der Waals surface area (Å²) in [5, 5.41) is 4.92. The summed E-state index contributed by atoms with van der Waals surface area (Å²) in [7, 11) is 0. The van der Waals surface area contributed by atoms with Gasteiger partial charge < -0.3 is 14.7 Å². The molecule has 322 valence electrons. The van der Waals surface area contributed by atoms with Gasteiger partial charge in [-0.25, -0.2) is 0 Å². The molecule has 12 aromatic rings. The zero-order valence-corrected chi connectivity index (χ0v) is 38.0. The van der Waals surface area contributed by atoms with Crippen LogP contribution >= 0.6 is 11.3 Å². The molecule has 0 atom stereocenters. The highest BCUT2D eigenvalue weighted by Crippen LogP contribution is 2.46. The van der Waals surface area contributed by atoms with E-state index in [9.17, 15) is 0 Å². The van der Waals surface area contributed by atoms with Gasteiger partial charge in [0.2, 0.25) is 0 Å². The van der Waals surface area contributed by atoms with E-state index in [1.54, 1.807) is 0 Å². The number of anilines is 9. The largest absolute Gasteiger partial charge is 0.310 e. The summed E-state index contributed by atoms with van der Waals surface area (Å²) < 4.78 is 2.57. The Balaban J connectivity index is 1.05. The maximum atomic E-state index is 2.42. The van der Waals surface area contributed by atoms with Crippen LogP contribution in [-0.4, -0.2) is 0 Å². The predicted molar refractivity (Wildman–Crippen MR) is 292 cm³/mol. The SMILES string of the molecule is c1ccc(-c2cc(N(c3ccccc3)c3ccccc3)cc(N(c3ccccc3)c3cccc(N(c4ccc5cc(-c6ccccc6)ccc5c4)c4ccc5sc6ccccc6c5c4)c3)c2)cc1. The van der Waals surface area contributed by atoms with Gasteiger partial charge in [0.05, 0.1) is 0 Å². The second kappa shape index (κ2) is 17.9. The molecule has 4 heteroatoms. The van der Waals surface area contributed by atoms with Gasteiger partial charge in [0.1, 0.15) is 0 Å². The van der Waals surface area contributed by atoms with Crippen molar-refractivity contribution in [2.75, 3.05) is 14.7 Å². The van der Waals surface area contributed by atoms with Crippen molar-refractivity contribution in [2.45, 2.75) is 0 Å². The number of thiophene rings is 1. The first-order valence-corrected chi connectivity index (χ1v) is 23.9. The van der Waals surface area contributed by atoms with E-state index in [0.717, 1.165) is 62.3 Å². The first-order valence-electron chi connectivity index (χ1n) is 23.1. The lowest BCUT2D eigenvalue weighted by Gasteiger charge is -2.31. The van der Waals surface area contributed by atoms with Gasteiger partial charge >= 0.3 is 0 Å². The third kappa shape index (κ3) is 7.93. The molecule has 1 heterocycles. The highest BCUT2D eigenvalue weighted by atomic mass is 32.1. The lowest BCUT2D eigenvalue weighted by molar-refractivity contribution is 1.24. The van der Waals surface area contributed by atoms with Crippen LogP contribution in [0.2, 0.25) is 0 Å². The molecule has 0 aliphatic rings. The van der Waals surface area contributed by atoms with Crippen LogP contribution in [-0.2, 0) is 0 Å². The van der Waals surface area contributed by atoms with Crippen molar-refractivity contribution in [3.05, 3.63) is 273 Å². The molecule has 0 bridgehead atoms. The van der Waals surface area contributed by atoms with E-state index < -0.39 is 0 Å². The van der Waals surface area contributed by atoms with E-state index in [1.807, 2.05) is 11.3 Å². The van der Waals surface area contributed by atoms with E-state index in [4.69, 9.17) is 0 Å². The van der Waals surface area contributed by atoms with Crippen molar-refractivity contribution in [1.82, 2.24) is 0 Å². The zero-order valence-electron chi connectivity index (χ0n) is 37.2. The summed E-state index contributed by atoms with van der Waals surface area (Å²) in [5.41, 5.74) is 14.3. The molecular formula is C64H45N3S. The second-order valence-electron chi connectivity index (χ2n) is 17.0. The fourth-order valence-corrected chi connectivity index (χ4v) is 10.6. The third-order valence-electron chi connectivity index (χ3n) is 12.7. The van der Waals surface area contributed by atoms with Crippen molar-refractivity contribution in [1.29, 1.82) is 0 Å². The monoisotopic (exact) mass is 887 g/mol. The summed E-state index contributed by atoms with van der Waals surface area (Å²) in [5.74, 6) is 0. The maximum Gasteiger partial charge on any atom is 0.0488 e. The van der Waals surface area contributed by atoms with Gasteiger partial charge in [-0.3, -0.25) is 0 Å². The molecule has 0 N–H and O–H groups in total. The quantitative estimate of drug-likeness (QED) is 0.128. The Labute approximate surface area is 401 Å². The van der Waals surface area contributed by atoms with Crippen molar-refractivity contribution in [2.24, 2.45) is 0 Å². The molecular weight excluding hydrogens is 843 g/mol. The fourth-order valence-electron chi connectivity index (χ4n) is 9.53. The average molecular weight is 888 g/mol. The molecule has 12 rings (SSSR count). The van der Waals surface area contributed by atoms with Crippen LogP contribution in [0.15, 0.2) is 273 Å². The Kier molecular flexibility index (Phi) is 10.8. The Bertz CT molecular complexity index is 3650. The zero-order chi connectivity index (χ0) is 45.2. The maximum absolute atomic E-state index is 2.42. The summed E-state index contributed by atoms with van der Waals surface area (Å²) >= 11 is 1.85. The molecule has 3 nitrogen and oxygen atoms in total. The molecule has 11 aromatic carbocycles. The van der Waals surface area contributed by atoms with E-state index >= 15 is 0 Å². The first kappa shape index (κ1) is 40.8. The Morgan fingerprint density at radius 2 is 0.618 bits per heavy atom. The number of hydrogen-bond donors (Lipinski definition) is 0. The van der Waals surface area contributed by atoms with Gasteiger partial charge in [0.15, 0.2) is 0 Å². The van der Waals surface area contributed by atoms with E-state index in [-0.39, 0.29) is 0 Å². The summed E-state index contributed by atoms with van der Waals surface area (Å²) in [6, 6.07) is 98.7.